The van der Waals surface area contributed by atoms with Gasteiger partial charge in [0.15, 0.2) is 5.96 Å². The molecule has 0 bridgehead atoms. The van der Waals surface area contributed by atoms with Gasteiger partial charge in [0.25, 0.3) is 0 Å². The minimum atomic E-state index is -0.193. The van der Waals surface area contributed by atoms with Gasteiger partial charge in [-0.25, -0.2) is 4.39 Å². The topological polar surface area (TPSA) is 55.5 Å². The zero-order chi connectivity index (χ0) is 18.6. The molecule has 0 radical (unpaired) electrons. The van der Waals surface area contributed by atoms with E-state index in [4.69, 9.17) is 0 Å². The van der Waals surface area contributed by atoms with Crippen molar-refractivity contribution in [3.05, 3.63) is 35.8 Å². The van der Waals surface area contributed by atoms with Crippen molar-refractivity contribution in [2.45, 2.75) is 50.6 Å². The largest absolute Gasteiger partial charge is 0.361 e. The number of aliphatic imine (C=N–C) groups is 1. The number of benzene rings is 1. The summed E-state index contributed by atoms with van der Waals surface area (Å²) in [6, 6.07) is 6.15. The van der Waals surface area contributed by atoms with Crippen molar-refractivity contribution in [1.82, 2.24) is 20.5 Å². The van der Waals surface area contributed by atoms with E-state index in [1.807, 2.05) is 13.2 Å². The molecule has 5 nitrogen and oxygen atoms in total. The van der Waals surface area contributed by atoms with Gasteiger partial charge in [0, 0.05) is 55.9 Å². The van der Waals surface area contributed by atoms with Crippen LogP contribution in [0.15, 0.2) is 29.4 Å². The molecule has 1 aromatic heterocycles. The van der Waals surface area contributed by atoms with Gasteiger partial charge in [0.2, 0.25) is 0 Å². The summed E-state index contributed by atoms with van der Waals surface area (Å²) in [6.07, 6.45) is 9.48. The maximum Gasteiger partial charge on any atom is 0.191 e. The molecule has 2 heterocycles. The Morgan fingerprint density at radius 3 is 2.96 bits per heavy atom. The van der Waals surface area contributed by atoms with E-state index in [-0.39, 0.29) is 5.82 Å². The van der Waals surface area contributed by atoms with Crippen molar-refractivity contribution < 1.29 is 4.39 Å². The smallest absolute Gasteiger partial charge is 0.191 e. The van der Waals surface area contributed by atoms with Crippen molar-refractivity contribution in [3.63, 3.8) is 0 Å². The first-order valence-electron chi connectivity index (χ1n) is 10.2. The van der Waals surface area contributed by atoms with Crippen LogP contribution in [0.4, 0.5) is 4.39 Å². The summed E-state index contributed by atoms with van der Waals surface area (Å²) in [7, 11) is 1.82. The number of rotatable bonds is 5. The normalized spacial score (nSPS) is 22.0. The lowest BCUT2D eigenvalue weighted by atomic mass is 10.1. The Hall–Kier alpha value is -2.08. The van der Waals surface area contributed by atoms with Crippen LogP contribution in [-0.2, 0) is 6.42 Å². The highest BCUT2D eigenvalue weighted by Gasteiger charge is 2.30. The zero-order valence-electron chi connectivity index (χ0n) is 16.1. The SMILES string of the molecule is CN=C(NCCc1c[nH]c2ccc(F)cc12)NC1CCN(C2CCCC2)C1. The van der Waals surface area contributed by atoms with Gasteiger partial charge >= 0.3 is 0 Å². The summed E-state index contributed by atoms with van der Waals surface area (Å²) in [6.45, 7) is 3.08. The highest BCUT2D eigenvalue weighted by molar-refractivity contribution is 5.83. The first-order valence-corrected chi connectivity index (χ1v) is 10.2. The second-order valence-electron chi connectivity index (χ2n) is 7.82. The minimum absolute atomic E-state index is 0.193. The number of aromatic amines is 1. The van der Waals surface area contributed by atoms with Crippen LogP contribution < -0.4 is 10.6 Å². The molecule has 4 rings (SSSR count). The number of H-pyrrole nitrogens is 1. The van der Waals surface area contributed by atoms with Gasteiger partial charge in [-0.15, -0.1) is 0 Å². The zero-order valence-corrected chi connectivity index (χ0v) is 16.1. The predicted octanol–water partition coefficient (Wildman–Crippen LogP) is 3.03. The molecule has 6 heteroatoms. The van der Waals surface area contributed by atoms with Gasteiger partial charge in [0.1, 0.15) is 5.82 Å². The van der Waals surface area contributed by atoms with Crippen molar-refractivity contribution >= 4 is 16.9 Å². The molecule has 1 saturated carbocycles. The molecular weight excluding hydrogens is 341 g/mol. The van der Waals surface area contributed by atoms with Crippen LogP contribution in [0.1, 0.15) is 37.7 Å². The van der Waals surface area contributed by atoms with Gasteiger partial charge in [-0.2, -0.15) is 0 Å². The third-order valence-corrected chi connectivity index (χ3v) is 6.04. The molecule has 1 unspecified atom stereocenters. The average molecular weight is 372 g/mol. The number of halogens is 1. The second kappa shape index (κ2) is 8.30. The Morgan fingerprint density at radius 1 is 1.30 bits per heavy atom. The maximum atomic E-state index is 13.5. The first-order chi connectivity index (χ1) is 13.2. The highest BCUT2D eigenvalue weighted by atomic mass is 19.1. The Morgan fingerprint density at radius 2 is 2.15 bits per heavy atom. The lowest BCUT2D eigenvalue weighted by Crippen LogP contribution is -2.45. The average Bonchev–Trinajstić information content (AvgIpc) is 3.41. The molecule has 2 fully saturated rings. The molecule has 1 saturated heterocycles. The number of guanidine groups is 1. The van der Waals surface area contributed by atoms with E-state index in [1.54, 1.807) is 12.1 Å². The molecule has 1 aromatic carbocycles. The molecule has 146 valence electrons. The summed E-state index contributed by atoms with van der Waals surface area (Å²) in [5.74, 6) is 0.668. The van der Waals surface area contributed by atoms with E-state index in [9.17, 15) is 4.39 Å². The first kappa shape index (κ1) is 18.3. The molecule has 2 aliphatic rings. The van der Waals surface area contributed by atoms with Crippen LogP contribution in [-0.4, -0.2) is 54.6 Å². The van der Waals surface area contributed by atoms with Crippen molar-refractivity contribution in [2.75, 3.05) is 26.7 Å². The Bertz CT molecular complexity index is 793. The fourth-order valence-corrected chi connectivity index (χ4v) is 4.57. The third-order valence-electron chi connectivity index (χ3n) is 6.04. The maximum absolute atomic E-state index is 13.5. The fraction of sp³-hybridized carbons (Fsp3) is 0.571. The van der Waals surface area contributed by atoms with Crippen LogP contribution in [0.2, 0.25) is 0 Å². The summed E-state index contributed by atoms with van der Waals surface area (Å²) in [4.78, 5) is 10.2. The standard InChI is InChI=1S/C21H30FN5/c1-23-21(26-17-9-11-27(14-17)18-4-2-3-5-18)24-10-8-15-13-25-20-7-6-16(22)12-19(15)20/h6-7,12-13,17-18,25H,2-5,8-11,14H2,1H3,(H2,23,24,26). The van der Waals surface area contributed by atoms with Crippen molar-refractivity contribution in [1.29, 1.82) is 0 Å². The molecule has 2 aromatic rings. The quantitative estimate of drug-likeness (QED) is 0.559. The number of likely N-dealkylation sites (tertiary alicyclic amines) is 1. The Balaban J connectivity index is 1.26. The van der Waals surface area contributed by atoms with E-state index in [0.717, 1.165) is 48.0 Å². The van der Waals surface area contributed by atoms with Gasteiger partial charge in [-0.1, -0.05) is 12.8 Å². The lowest BCUT2D eigenvalue weighted by Gasteiger charge is -2.24. The fourth-order valence-electron chi connectivity index (χ4n) is 4.57. The predicted molar refractivity (Wildman–Crippen MR) is 109 cm³/mol. The van der Waals surface area contributed by atoms with Gasteiger partial charge < -0.3 is 15.6 Å². The summed E-state index contributed by atoms with van der Waals surface area (Å²) in [5, 5.41) is 7.95. The monoisotopic (exact) mass is 371 g/mol. The number of hydrogen-bond donors (Lipinski definition) is 3. The van der Waals surface area contributed by atoms with E-state index >= 15 is 0 Å². The minimum Gasteiger partial charge on any atom is -0.361 e. The van der Waals surface area contributed by atoms with Gasteiger partial charge in [0.05, 0.1) is 0 Å². The third kappa shape index (κ3) is 4.26. The molecule has 1 aliphatic carbocycles. The molecule has 1 atom stereocenters. The van der Waals surface area contributed by atoms with E-state index < -0.39 is 0 Å². The number of hydrogen-bond acceptors (Lipinski definition) is 2. The number of nitrogens with one attached hydrogen (secondary N) is 3. The molecule has 27 heavy (non-hydrogen) atoms. The summed E-state index contributed by atoms with van der Waals surface area (Å²) < 4.78 is 13.5. The summed E-state index contributed by atoms with van der Waals surface area (Å²) in [5.41, 5.74) is 2.10. The summed E-state index contributed by atoms with van der Waals surface area (Å²) >= 11 is 0. The lowest BCUT2D eigenvalue weighted by molar-refractivity contribution is 0.242. The molecule has 3 N–H and O–H groups in total. The number of fused-ring (bicyclic) bond motifs is 1. The Kier molecular flexibility index (Phi) is 5.62. The van der Waals surface area contributed by atoms with Crippen LogP contribution in [0.5, 0.6) is 0 Å². The van der Waals surface area contributed by atoms with Crippen molar-refractivity contribution in [2.24, 2.45) is 4.99 Å². The van der Waals surface area contributed by atoms with E-state index in [1.165, 1.54) is 44.7 Å². The van der Waals surface area contributed by atoms with E-state index in [2.05, 4.69) is 25.5 Å². The van der Waals surface area contributed by atoms with Crippen molar-refractivity contribution in [3.8, 4) is 0 Å². The molecular formula is C21H30FN5. The molecule has 0 amide bonds. The van der Waals surface area contributed by atoms with Crippen LogP contribution in [0.25, 0.3) is 10.9 Å². The Labute approximate surface area is 160 Å². The van der Waals surface area contributed by atoms with Gasteiger partial charge in [-0.05, 0) is 49.4 Å². The van der Waals surface area contributed by atoms with E-state index in [0.29, 0.717) is 6.04 Å². The molecule has 1 aliphatic heterocycles. The molecule has 0 spiro atoms. The van der Waals surface area contributed by atoms with Crippen LogP contribution >= 0.6 is 0 Å². The second-order valence-corrected chi connectivity index (χ2v) is 7.82. The van der Waals surface area contributed by atoms with Crippen LogP contribution in [0.3, 0.4) is 0 Å². The van der Waals surface area contributed by atoms with Gasteiger partial charge in [-0.3, -0.25) is 9.89 Å². The number of aromatic nitrogens is 1. The number of nitrogens with zero attached hydrogens (tertiary/aromatic N) is 2. The van der Waals surface area contributed by atoms with Crippen LogP contribution in [0, 0.1) is 5.82 Å². The highest BCUT2D eigenvalue weighted by Crippen LogP contribution is 2.26.